The molecule has 1 aromatic rings. The molecule has 1 aliphatic carbocycles. The summed E-state index contributed by atoms with van der Waals surface area (Å²) in [4.78, 5) is 10.8. The summed E-state index contributed by atoms with van der Waals surface area (Å²) in [5.41, 5.74) is -0.586. The van der Waals surface area contributed by atoms with Crippen molar-refractivity contribution in [3.8, 4) is 5.88 Å². The second-order valence-corrected chi connectivity index (χ2v) is 6.83. The smallest absolute Gasteiger partial charge is 0.213 e. The highest BCUT2D eigenvalue weighted by Gasteiger charge is 2.31. The molecular weight excluding hydrogens is 431 g/mol. The minimum atomic E-state index is -0.586. The quantitative estimate of drug-likeness (QED) is 0.411. The van der Waals surface area contributed by atoms with Crippen LogP contribution in [0.25, 0.3) is 0 Å². The summed E-state index contributed by atoms with van der Waals surface area (Å²) in [6.45, 7) is 2.26. The number of aromatic nitrogens is 1. The molecule has 25 heavy (non-hydrogen) atoms. The third kappa shape index (κ3) is 5.70. The molecule has 0 aromatic carbocycles. The van der Waals surface area contributed by atoms with E-state index in [0.717, 1.165) is 51.2 Å². The van der Waals surface area contributed by atoms with Crippen molar-refractivity contribution in [1.29, 1.82) is 0 Å². The maximum Gasteiger partial charge on any atom is 0.213 e. The van der Waals surface area contributed by atoms with E-state index in [2.05, 4.69) is 20.2 Å². The number of likely N-dealkylation sites (tertiary alicyclic amines) is 1. The van der Waals surface area contributed by atoms with Gasteiger partial charge in [0.05, 0.1) is 12.1 Å². The van der Waals surface area contributed by atoms with Crippen molar-refractivity contribution in [2.45, 2.75) is 50.2 Å². The lowest BCUT2D eigenvalue weighted by Crippen LogP contribution is -2.49. The van der Waals surface area contributed by atoms with E-state index in [1.807, 2.05) is 18.2 Å². The van der Waals surface area contributed by atoms with Gasteiger partial charge in [0.15, 0.2) is 5.96 Å². The zero-order valence-corrected chi connectivity index (χ0v) is 17.2. The molecule has 2 fully saturated rings. The van der Waals surface area contributed by atoms with Crippen LogP contribution in [0.2, 0.25) is 0 Å². The fraction of sp³-hybridized carbons (Fsp3) is 0.667. The highest BCUT2D eigenvalue weighted by Crippen LogP contribution is 2.27. The number of rotatable bonds is 4. The van der Waals surface area contributed by atoms with E-state index in [4.69, 9.17) is 4.74 Å². The van der Waals surface area contributed by atoms with Crippen molar-refractivity contribution in [2.24, 2.45) is 4.99 Å². The minimum absolute atomic E-state index is 0. The zero-order chi connectivity index (χ0) is 16.8. The Kier molecular flexibility index (Phi) is 7.74. The Morgan fingerprint density at radius 2 is 2.20 bits per heavy atom. The van der Waals surface area contributed by atoms with Gasteiger partial charge in [-0.3, -0.25) is 4.99 Å². The van der Waals surface area contributed by atoms with Crippen LogP contribution in [0.15, 0.2) is 29.4 Å². The van der Waals surface area contributed by atoms with E-state index in [1.54, 1.807) is 13.2 Å². The van der Waals surface area contributed by atoms with Crippen molar-refractivity contribution in [2.75, 3.05) is 26.7 Å². The van der Waals surface area contributed by atoms with Gasteiger partial charge in [0, 0.05) is 38.8 Å². The summed E-state index contributed by atoms with van der Waals surface area (Å²) in [5.74, 6) is 1.52. The Bertz CT molecular complexity index is 549. The SMILES string of the molecule is CN=C(NCC1(O)CCCCC1)N1CCC(Oc2ccccn2)C1.I. The van der Waals surface area contributed by atoms with Gasteiger partial charge in [0.25, 0.3) is 0 Å². The predicted octanol–water partition coefficient (Wildman–Crippen LogP) is 2.42. The second kappa shape index (κ2) is 9.56. The van der Waals surface area contributed by atoms with Gasteiger partial charge in [-0.05, 0) is 18.9 Å². The minimum Gasteiger partial charge on any atom is -0.472 e. The number of nitrogens with zero attached hydrogens (tertiary/aromatic N) is 3. The van der Waals surface area contributed by atoms with Gasteiger partial charge in [-0.2, -0.15) is 0 Å². The molecule has 1 aromatic heterocycles. The number of aliphatic hydroxyl groups is 1. The van der Waals surface area contributed by atoms with E-state index >= 15 is 0 Å². The van der Waals surface area contributed by atoms with E-state index in [0.29, 0.717) is 12.4 Å². The highest BCUT2D eigenvalue weighted by molar-refractivity contribution is 14.0. The first kappa shape index (κ1) is 20.2. The molecule has 6 nitrogen and oxygen atoms in total. The van der Waals surface area contributed by atoms with Crippen LogP contribution in [0.3, 0.4) is 0 Å². The summed E-state index contributed by atoms with van der Waals surface area (Å²) in [5, 5.41) is 14.0. The normalized spacial score (nSPS) is 23.0. The van der Waals surface area contributed by atoms with E-state index in [-0.39, 0.29) is 30.1 Å². The number of hydrogen-bond acceptors (Lipinski definition) is 4. The first-order valence-corrected chi connectivity index (χ1v) is 8.94. The van der Waals surface area contributed by atoms with Crippen molar-refractivity contribution < 1.29 is 9.84 Å². The number of guanidine groups is 1. The van der Waals surface area contributed by atoms with Crippen molar-refractivity contribution in [3.05, 3.63) is 24.4 Å². The molecule has 1 saturated carbocycles. The summed E-state index contributed by atoms with van der Waals surface area (Å²) in [7, 11) is 1.79. The van der Waals surface area contributed by atoms with Crippen LogP contribution in [0.1, 0.15) is 38.5 Å². The molecule has 2 N–H and O–H groups in total. The van der Waals surface area contributed by atoms with E-state index in [9.17, 15) is 5.11 Å². The van der Waals surface area contributed by atoms with Crippen LogP contribution in [-0.4, -0.2) is 59.3 Å². The van der Waals surface area contributed by atoms with E-state index in [1.165, 1.54) is 6.42 Å². The van der Waals surface area contributed by atoms with Gasteiger partial charge >= 0.3 is 0 Å². The summed E-state index contributed by atoms with van der Waals surface area (Å²) >= 11 is 0. The summed E-state index contributed by atoms with van der Waals surface area (Å²) in [6, 6.07) is 5.70. The molecule has 3 rings (SSSR count). The van der Waals surface area contributed by atoms with Crippen molar-refractivity contribution in [1.82, 2.24) is 15.2 Å². The number of pyridine rings is 1. The van der Waals surface area contributed by atoms with Crippen LogP contribution < -0.4 is 10.1 Å². The maximum atomic E-state index is 10.6. The van der Waals surface area contributed by atoms with Gasteiger partial charge in [-0.15, -0.1) is 24.0 Å². The third-order valence-corrected chi connectivity index (χ3v) is 4.94. The lowest BCUT2D eigenvalue weighted by atomic mass is 9.85. The maximum absolute atomic E-state index is 10.6. The van der Waals surface area contributed by atoms with Crippen LogP contribution in [0.4, 0.5) is 0 Å². The van der Waals surface area contributed by atoms with Crippen molar-refractivity contribution >= 4 is 29.9 Å². The number of nitrogens with one attached hydrogen (secondary N) is 1. The Morgan fingerprint density at radius 3 is 2.88 bits per heavy atom. The molecule has 0 amide bonds. The average molecular weight is 460 g/mol. The summed E-state index contributed by atoms with van der Waals surface area (Å²) < 4.78 is 5.93. The number of halogens is 1. The molecule has 1 saturated heterocycles. The second-order valence-electron chi connectivity index (χ2n) is 6.83. The predicted molar refractivity (Wildman–Crippen MR) is 110 cm³/mol. The molecular formula is C18H29IN4O2. The van der Waals surface area contributed by atoms with Gasteiger partial charge in [-0.1, -0.05) is 25.3 Å². The van der Waals surface area contributed by atoms with Gasteiger partial charge in [0.2, 0.25) is 5.88 Å². The molecule has 1 unspecified atom stereocenters. The lowest BCUT2D eigenvalue weighted by molar-refractivity contribution is 0.00818. The fourth-order valence-corrected chi connectivity index (χ4v) is 3.57. The topological polar surface area (TPSA) is 70.0 Å². The first-order chi connectivity index (χ1) is 11.7. The fourth-order valence-electron chi connectivity index (χ4n) is 3.57. The Hall–Kier alpha value is -1.09. The standard InChI is InChI=1S/C18H28N4O2.HI/c1-19-17(21-14-18(23)9-4-2-5-10-18)22-12-8-15(13-22)24-16-7-3-6-11-20-16;/h3,6-7,11,15,23H,2,4-5,8-10,12-14H2,1H3,(H,19,21);1H. The monoisotopic (exact) mass is 460 g/mol. The third-order valence-electron chi connectivity index (χ3n) is 4.94. The van der Waals surface area contributed by atoms with Gasteiger partial charge in [0.1, 0.15) is 6.10 Å². The van der Waals surface area contributed by atoms with Gasteiger partial charge < -0.3 is 20.1 Å². The highest BCUT2D eigenvalue weighted by atomic mass is 127. The number of hydrogen-bond donors (Lipinski definition) is 2. The van der Waals surface area contributed by atoms with Gasteiger partial charge in [-0.25, -0.2) is 4.98 Å². The van der Waals surface area contributed by atoms with Crippen LogP contribution in [0, 0.1) is 0 Å². The molecule has 0 bridgehead atoms. The number of aliphatic imine (C=N–C) groups is 1. The average Bonchev–Trinajstić information content (AvgIpc) is 3.05. The Balaban J connectivity index is 0.00000225. The Labute approximate surface area is 167 Å². The lowest BCUT2D eigenvalue weighted by Gasteiger charge is -2.33. The molecule has 1 aliphatic heterocycles. The van der Waals surface area contributed by atoms with E-state index < -0.39 is 5.60 Å². The molecule has 1 atom stereocenters. The van der Waals surface area contributed by atoms with Crippen LogP contribution in [0.5, 0.6) is 5.88 Å². The molecule has 7 heteroatoms. The Morgan fingerprint density at radius 1 is 1.40 bits per heavy atom. The van der Waals surface area contributed by atoms with Crippen molar-refractivity contribution in [3.63, 3.8) is 0 Å². The number of ether oxygens (including phenoxy) is 1. The molecule has 140 valence electrons. The molecule has 2 heterocycles. The van der Waals surface area contributed by atoms with Crippen LogP contribution in [-0.2, 0) is 0 Å². The largest absolute Gasteiger partial charge is 0.472 e. The van der Waals surface area contributed by atoms with Crippen LogP contribution >= 0.6 is 24.0 Å². The summed E-state index contributed by atoms with van der Waals surface area (Å²) in [6.07, 6.45) is 8.02. The first-order valence-electron chi connectivity index (χ1n) is 8.94. The zero-order valence-electron chi connectivity index (χ0n) is 14.9. The molecule has 0 spiro atoms. The molecule has 2 aliphatic rings. The molecule has 0 radical (unpaired) electrons.